The van der Waals surface area contributed by atoms with Crippen molar-refractivity contribution in [2.45, 2.75) is 37.7 Å². The first-order valence-electron chi connectivity index (χ1n) is 7.70. The molecule has 4 nitrogen and oxygen atoms in total. The molecule has 1 aromatic rings. The van der Waals surface area contributed by atoms with Crippen molar-refractivity contribution < 1.29 is 14.3 Å². The van der Waals surface area contributed by atoms with Crippen molar-refractivity contribution >= 4 is 17.7 Å². The number of rotatable bonds is 7. The standard InChI is InChI=1S/C17H25NO3S/c1-13(22-3)17(19)18(12-15-8-6-10-21-15)11-14-7-4-5-9-16(14)20-2/h4-5,7,9,13,15H,6,8,10-12H2,1-3H3. The van der Waals surface area contributed by atoms with E-state index < -0.39 is 0 Å². The van der Waals surface area contributed by atoms with Crippen molar-refractivity contribution in [2.75, 3.05) is 26.5 Å². The van der Waals surface area contributed by atoms with Crippen LogP contribution in [0.1, 0.15) is 25.3 Å². The van der Waals surface area contributed by atoms with Gasteiger partial charge >= 0.3 is 0 Å². The number of nitrogens with zero attached hydrogens (tertiary/aromatic N) is 1. The van der Waals surface area contributed by atoms with Gasteiger partial charge in [-0.05, 0) is 32.1 Å². The van der Waals surface area contributed by atoms with E-state index in [4.69, 9.17) is 9.47 Å². The first-order chi connectivity index (χ1) is 10.7. The fourth-order valence-electron chi connectivity index (χ4n) is 2.66. The highest BCUT2D eigenvalue weighted by Crippen LogP contribution is 2.23. The molecular weight excluding hydrogens is 298 g/mol. The van der Waals surface area contributed by atoms with Gasteiger partial charge in [0.25, 0.3) is 0 Å². The molecule has 0 saturated carbocycles. The number of amides is 1. The third-order valence-electron chi connectivity index (χ3n) is 4.01. The number of thioether (sulfide) groups is 1. The van der Waals surface area contributed by atoms with Gasteiger partial charge in [0, 0.05) is 25.3 Å². The Morgan fingerprint density at radius 2 is 2.27 bits per heavy atom. The summed E-state index contributed by atoms with van der Waals surface area (Å²) in [4.78, 5) is 14.6. The maximum Gasteiger partial charge on any atom is 0.235 e. The third kappa shape index (κ3) is 4.40. The van der Waals surface area contributed by atoms with Crippen molar-refractivity contribution in [3.8, 4) is 5.75 Å². The van der Waals surface area contributed by atoms with Crippen molar-refractivity contribution in [1.29, 1.82) is 0 Å². The molecule has 0 radical (unpaired) electrons. The highest BCUT2D eigenvalue weighted by molar-refractivity contribution is 7.99. The van der Waals surface area contributed by atoms with Crippen molar-refractivity contribution in [2.24, 2.45) is 0 Å². The average molecular weight is 323 g/mol. The fourth-order valence-corrected chi connectivity index (χ4v) is 3.01. The highest BCUT2D eigenvalue weighted by atomic mass is 32.2. The molecule has 1 aromatic carbocycles. The minimum absolute atomic E-state index is 0.0453. The molecule has 0 aromatic heterocycles. The molecule has 1 aliphatic rings. The zero-order valence-electron chi connectivity index (χ0n) is 13.6. The summed E-state index contributed by atoms with van der Waals surface area (Å²) in [6.07, 6.45) is 4.24. The van der Waals surface area contributed by atoms with E-state index in [1.165, 1.54) is 0 Å². The molecule has 0 N–H and O–H groups in total. The molecule has 1 aliphatic heterocycles. The molecule has 1 amide bonds. The Morgan fingerprint density at radius 1 is 1.50 bits per heavy atom. The van der Waals surface area contributed by atoms with E-state index in [0.29, 0.717) is 13.1 Å². The van der Waals surface area contributed by atoms with Crippen LogP contribution in [0.25, 0.3) is 0 Å². The van der Waals surface area contributed by atoms with E-state index in [1.54, 1.807) is 18.9 Å². The van der Waals surface area contributed by atoms with Crippen LogP contribution in [0.5, 0.6) is 5.75 Å². The quantitative estimate of drug-likeness (QED) is 0.773. The third-order valence-corrected chi connectivity index (χ3v) is 4.92. The lowest BCUT2D eigenvalue weighted by molar-refractivity contribution is -0.132. The van der Waals surface area contributed by atoms with Gasteiger partial charge in [-0.2, -0.15) is 11.8 Å². The number of methoxy groups -OCH3 is 1. The lowest BCUT2D eigenvalue weighted by Crippen LogP contribution is -2.40. The molecule has 2 atom stereocenters. The van der Waals surface area contributed by atoms with Crippen LogP contribution in [0.3, 0.4) is 0 Å². The van der Waals surface area contributed by atoms with Gasteiger partial charge in [-0.15, -0.1) is 0 Å². The van der Waals surface area contributed by atoms with Gasteiger partial charge in [-0.3, -0.25) is 4.79 Å². The Balaban J connectivity index is 2.13. The van der Waals surface area contributed by atoms with Gasteiger partial charge in [-0.25, -0.2) is 0 Å². The maximum absolute atomic E-state index is 12.7. The Morgan fingerprint density at radius 3 is 2.91 bits per heavy atom. The van der Waals surface area contributed by atoms with Gasteiger partial charge in [0.2, 0.25) is 5.91 Å². The summed E-state index contributed by atoms with van der Waals surface area (Å²) in [5, 5.41) is -0.0453. The predicted molar refractivity (Wildman–Crippen MR) is 90.4 cm³/mol. The van der Waals surface area contributed by atoms with Crippen LogP contribution in [-0.2, 0) is 16.1 Å². The highest BCUT2D eigenvalue weighted by Gasteiger charge is 2.26. The van der Waals surface area contributed by atoms with E-state index in [2.05, 4.69) is 0 Å². The molecule has 0 aliphatic carbocycles. The van der Waals surface area contributed by atoms with Gasteiger partial charge in [0.05, 0.1) is 18.5 Å². The Bertz CT molecular complexity index is 489. The van der Waals surface area contributed by atoms with Gasteiger partial charge in [0.1, 0.15) is 5.75 Å². The number of carbonyl (C=O) groups excluding carboxylic acids is 1. The summed E-state index contributed by atoms with van der Waals surface area (Å²) in [6, 6.07) is 7.87. The molecule has 5 heteroatoms. The number of para-hydroxylation sites is 1. The van der Waals surface area contributed by atoms with Gasteiger partial charge in [-0.1, -0.05) is 18.2 Å². The molecule has 0 bridgehead atoms. The average Bonchev–Trinajstić information content (AvgIpc) is 3.06. The summed E-state index contributed by atoms with van der Waals surface area (Å²) < 4.78 is 11.1. The SMILES string of the molecule is COc1ccccc1CN(CC1CCCO1)C(=O)C(C)SC. The second kappa shape index (κ2) is 8.44. The van der Waals surface area contributed by atoms with Gasteiger partial charge < -0.3 is 14.4 Å². The van der Waals surface area contributed by atoms with E-state index in [9.17, 15) is 4.79 Å². The van der Waals surface area contributed by atoms with Crippen LogP contribution in [0.4, 0.5) is 0 Å². The zero-order chi connectivity index (χ0) is 15.9. The second-order valence-corrected chi connectivity index (χ2v) is 6.72. The summed E-state index contributed by atoms with van der Waals surface area (Å²) in [5.74, 6) is 0.985. The molecule has 2 unspecified atom stereocenters. The fraction of sp³-hybridized carbons (Fsp3) is 0.588. The van der Waals surface area contributed by atoms with E-state index in [0.717, 1.165) is 30.8 Å². The molecular formula is C17H25NO3S. The Labute approximate surface area is 137 Å². The van der Waals surface area contributed by atoms with Crippen molar-refractivity contribution in [3.63, 3.8) is 0 Å². The Hall–Kier alpha value is -1.20. The summed E-state index contributed by atoms with van der Waals surface area (Å²) >= 11 is 1.58. The van der Waals surface area contributed by atoms with Crippen LogP contribution in [-0.4, -0.2) is 48.7 Å². The molecule has 1 saturated heterocycles. The number of benzene rings is 1. The minimum Gasteiger partial charge on any atom is -0.496 e. The van der Waals surface area contributed by atoms with Crippen LogP contribution >= 0.6 is 11.8 Å². The minimum atomic E-state index is -0.0453. The molecule has 1 heterocycles. The predicted octanol–water partition coefficient (Wildman–Crippen LogP) is 2.95. The largest absolute Gasteiger partial charge is 0.496 e. The molecule has 2 rings (SSSR count). The van der Waals surface area contributed by atoms with Crippen LogP contribution in [0, 0.1) is 0 Å². The maximum atomic E-state index is 12.7. The molecule has 122 valence electrons. The topological polar surface area (TPSA) is 38.8 Å². The lowest BCUT2D eigenvalue weighted by Gasteiger charge is -2.28. The van der Waals surface area contributed by atoms with Crippen molar-refractivity contribution in [3.05, 3.63) is 29.8 Å². The number of carbonyl (C=O) groups is 1. The molecule has 0 spiro atoms. The summed E-state index contributed by atoms with van der Waals surface area (Å²) in [5.41, 5.74) is 1.03. The normalized spacial score (nSPS) is 19.0. The number of hydrogen-bond acceptors (Lipinski definition) is 4. The lowest BCUT2D eigenvalue weighted by atomic mass is 10.1. The number of hydrogen-bond donors (Lipinski definition) is 0. The van der Waals surface area contributed by atoms with Crippen LogP contribution in [0.15, 0.2) is 24.3 Å². The molecule has 22 heavy (non-hydrogen) atoms. The van der Waals surface area contributed by atoms with E-state index in [-0.39, 0.29) is 17.3 Å². The molecule has 1 fully saturated rings. The summed E-state index contributed by atoms with van der Waals surface area (Å²) in [7, 11) is 1.66. The zero-order valence-corrected chi connectivity index (χ0v) is 14.4. The van der Waals surface area contributed by atoms with Crippen LogP contribution < -0.4 is 4.74 Å². The Kier molecular flexibility index (Phi) is 6.58. The second-order valence-electron chi connectivity index (χ2n) is 5.54. The van der Waals surface area contributed by atoms with Gasteiger partial charge in [0.15, 0.2) is 0 Å². The van der Waals surface area contributed by atoms with E-state index in [1.807, 2.05) is 42.3 Å². The van der Waals surface area contributed by atoms with E-state index >= 15 is 0 Å². The van der Waals surface area contributed by atoms with Crippen LogP contribution in [0.2, 0.25) is 0 Å². The smallest absolute Gasteiger partial charge is 0.235 e. The first-order valence-corrected chi connectivity index (χ1v) is 8.99. The monoisotopic (exact) mass is 323 g/mol. The first kappa shape index (κ1) is 17.2. The number of ether oxygens (including phenoxy) is 2. The summed E-state index contributed by atoms with van der Waals surface area (Å²) in [6.45, 7) is 3.98. The van der Waals surface area contributed by atoms with Crippen molar-refractivity contribution in [1.82, 2.24) is 4.90 Å².